The fourth-order valence-corrected chi connectivity index (χ4v) is 4.33. The number of benzene rings is 3. The minimum atomic E-state index is -3.88. The first-order chi connectivity index (χ1) is 16.2. The van der Waals surface area contributed by atoms with Crippen molar-refractivity contribution in [3.8, 4) is 22.3 Å². The van der Waals surface area contributed by atoms with Gasteiger partial charge in [-0.05, 0) is 47.0 Å². The lowest BCUT2D eigenvalue weighted by atomic mass is 9.99. The maximum Gasteiger partial charge on any atom is 0.257 e. The van der Waals surface area contributed by atoms with Crippen molar-refractivity contribution in [1.29, 1.82) is 5.41 Å². The summed E-state index contributed by atoms with van der Waals surface area (Å²) in [5.74, 6) is -0.431. The molecule has 9 heteroatoms. The molecule has 0 fully saturated rings. The number of primary sulfonamides is 1. The van der Waals surface area contributed by atoms with Crippen LogP contribution in [0.25, 0.3) is 22.3 Å². The van der Waals surface area contributed by atoms with Crippen LogP contribution < -0.4 is 16.2 Å². The molecule has 34 heavy (non-hydrogen) atoms. The predicted molar refractivity (Wildman–Crippen MR) is 132 cm³/mol. The number of anilines is 1. The van der Waals surface area contributed by atoms with E-state index in [1.54, 1.807) is 72.9 Å². The number of nitrogens with zero attached hydrogens (tertiary/aromatic N) is 1. The zero-order valence-corrected chi connectivity index (χ0v) is 18.7. The van der Waals surface area contributed by atoms with Crippen LogP contribution in [0.4, 0.5) is 5.69 Å². The van der Waals surface area contributed by atoms with Gasteiger partial charge >= 0.3 is 0 Å². The molecule has 3 aromatic carbocycles. The van der Waals surface area contributed by atoms with Crippen LogP contribution in [0, 0.1) is 5.41 Å². The molecule has 1 amide bonds. The van der Waals surface area contributed by atoms with Crippen LogP contribution in [0.1, 0.15) is 15.9 Å². The molecule has 6 N–H and O–H groups in total. The average molecular weight is 472 g/mol. The van der Waals surface area contributed by atoms with Crippen LogP contribution in [-0.4, -0.2) is 25.1 Å². The van der Waals surface area contributed by atoms with Gasteiger partial charge in [0.05, 0.1) is 10.5 Å². The number of carbonyl (C=O) groups is 1. The molecule has 0 unspecified atom stereocenters. The average Bonchev–Trinajstić information content (AvgIpc) is 2.84. The Morgan fingerprint density at radius 2 is 1.62 bits per heavy atom. The molecule has 0 saturated carbocycles. The molecule has 1 aromatic heterocycles. The number of nitrogens with one attached hydrogen (secondary N) is 2. The lowest BCUT2D eigenvalue weighted by molar-refractivity contribution is 0.102. The number of amidine groups is 1. The summed E-state index contributed by atoms with van der Waals surface area (Å²) in [5.41, 5.74) is 9.53. The lowest BCUT2D eigenvalue weighted by Gasteiger charge is -2.12. The quantitative estimate of drug-likeness (QED) is 0.250. The Bertz CT molecular complexity index is 1500. The summed E-state index contributed by atoms with van der Waals surface area (Å²) in [6.07, 6.45) is 3.06. The Kier molecular flexibility index (Phi) is 6.22. The van der Waals surface area contributed by atoms with E-state index >= 15 is 0 Å². The monoisotopic (exact) mass is 471 g/mol. The van der Waals surface area contributed by atoms with Gasteiger partial charge in [-0.2, -0.15) is 0 Å². The van der Waals surface area contributed by atoms with Crippen molar-refractivity contribution in [2.24, 2.45) is 10.9 Å². The minimum Gasteiger partial charge on any atom is -0.384 e. The van der Waals surface area contributed by atoms with Gasteiger partial charge in [-0.15, -0.1) is 0 Å². The number of rotatable bonds is 6. The molecule has 0 aliphatic carbocycles. The molecule has 0 aliphatic rings. The highest BCUT2D eigenvalue weighted by atomic mass is 32.2. The molecule has 0 saturated heterocycles. The molecular formula is C25H21N5O3S. The molecular weight excluding hydrogens is 450 g/mol. The maximum absolute atomic E-state index is 13.1. The van der Waals surface area contributed by atoms with E-state index in [4.69, 9.17) is 16.3 Å². The van der Waals surface area contributed by atoms with E-state index in [-0.39, 0.29) is 16.6 Å². The number of aromatic nitrogens is 1. The van der Waals surface area contributed by atoms with Crippen LogP contribution >= 0.6 is 0 Å². The summed E-state index contributed by atoms with van der Waals surface area (Å²) in [6.45, 7) is 0. The van der Waals surface area contributed by atoms with Gasteiger partial charge in [0.2, 0.25) is 10.0 Å². The fourth-order valence-electron chi connectivity index (χ4n) is 3.57. The highest BCUT2D eigenvalue weighted by Crippen LogP contribution is 2.28. The number of hydrogen-bond acceptors (Lipinski definition) is 5. The van der Waals surface area contributed by atoms with Crippen LogP contribution in [0.3, 0.4) is 0 Å². The molecule has 4 aromatic rings. The first-order valence-electron chi connectivity index (χ1n) is 10.2. The third-order valence-electron chi connectivity index (χ3n) is 5.20. The predicted octanol–water partition coefficient (Wildman–Crippen LogP) is 3.60. The van der Waals surface area contributed by atoms with Gasteiger partial charge in [0.15, 0.2) is 0 Å². The van der Waals surface area contributed by atoms with Crippen LogP contribution in [0.2, 0.25) is 0 Å². The zero-order chi connectivity index (χ0) is 24.3. The summed E-state index contributed by atoms with van der Waals surface area (Å²) in [7, 11) is -3.88. The number of nitrogen functional groups attached to an aromatic ring is 1. The van der Waals surface area contributed by atoms with Crippen molar-refractivity contribution >= 4 is 27.5 Å². The number of nitrogens with two attached hydrogens (primary N) is 2. The Hall–Kier alpha value is -4.34. The molecule has 0 atom stereocenters. The van der Waals surface area contributed by atoms with Crippen molar-refractivity contribution in [1.82, 2.24) is 4.98 Å². The van der Waals surface area contributed by atoms with Gasteiger partial charge in [0.1, 0.15) is 5.84 Å². The molecule has 0 bridgehead atoms. The Labute approximate surface area is 196 Å². The van der Waals surface area contributed by atoms with Gasteiger partial charge in [0.25, 0.3) is 5.91 Å². The first kappa shape index (κ1) is 22.8. The van der Waals surface area contributed by atoms with E-state index < -0.39 is 10.0 Å². The van der Waals surface area contributed by atoms with E-state index in [0.717, 1.165) is 5.56 Å². The molecule has 0 radical (unpaired) electrons. The van der Waals surface area contributed by atoms with Crippen molar-refractivity contribution in [2.45, 2.75) is 4.90 Å². The minimum absolute atomic E-state index is 0.0274. The summed E-state index contributed by atoms with van der Waals surface area (Å²) in [4.78, 5) is 17.2. The summed E-state index contributed by atoms with van der Waals surface area (Å²) >= 11 is 0. The molecule has 170 valence electrons. The van der Waals surface area contributed by atoms with Crippen molar-refractivity contribution < 1.29 is 13.2 Å². The summed E-state index contributed by atoms with van der Waals surface area (Å²) in [5, 5.41) is 15.8. The van der Waals surface area contributed by atoms with E-state index in [0.29, 0.717) is 33.5 Å². The Morgan fingerprint density at radius 3 is 2.32 bits per heavy atom. The SMILES string of the molecule is N=C(N)c1cccc(-c2ccncc2C(=O)Nc2ccc(-c3ccccc3S(N)(=O)=O)cc2)c1. The molecule has 4 rings (SSSR count). The second kappa shape index (κ2) is 9.26. The molecule has 1 heterocycles. The van der Waals surface area contributed by atoms with Gasteiger partial charge in [-0.25, -0.2) is 13.6 Å². The molecule has 0 aliphatic heterocycles. The normalized spacial score (nSPS) is 11.1. The molecule has 0 spiro atoms. The van der Waals surface area contributed by atoms with E-state index in [1.165, 1.54) is 12.3 Å². The van der Waals surface area contributed by atoms with Crippen LogP contribution in [0.5, 0.6) is 0 Å². The fraction of sp³-hybridized carbons (Fsp3) is 0. The maximum atomic E-state index is 13.1. The van der Waals surface area contributed by atoms with E-state index in [9.17, 15) is 13.2 Å². The lowest BCUT2D eigenvalue weighted by Crippen LogP contribution is -2.14. The third kappa shape index (κ3) is 4.85. The topological polar surface area (TPSA) is 152 Å². The Morgan fingerprint density at radius 1 is 0.882 bits per heavy atom. The number of hydrogen-bond donors (Lipinski definition) is 4. The van der Waals surface area contributed by atoms with Crippen LogP contribution in [0.15, 0.2) is 96.2 Å². The summed E-state index contributed by atoms with van der Waals surface area (Å²) < 4.78 is 23.8. The van der Waals surface area contributed by atoms with E-state index in [2.05, 4.69) is 10.3 Å². The molecule has 8 nitrogen and oxygen atoms in total. The number of amides is 1. The van der Waals surface area contributed by atoms with Gasteiger partial charge in [-0.1, -0.05) is 48.5 Å². The number of carbonyl (C=O) groups excluding carboxylic acids is 1. The van der Waals surface area contributed by atoms with Crippen LogP contribution in [-0.2, 0) is 10.0 Å². The number of sulfonamides is 1. The van der Waals surface area contributed by atoms with Gasteiger partial charge in [0, 0.05) is 29.2 Å². The van der Waals surface area contributed by atoms with Gasteiger partial charge < -0.3 is 11.1 Å². The largest absolute Gasteiger partial charge is 0.384 e. The third-order valence-corrected chi connectivity index (χ3v) is 6.17. The zero-order valence-electron chi connectivity index (χ0n) is 17.9. The second-order valence-corrected chi connectivity index (χ2v) is 9.02. The van der Waals surface area contributed by atoms with Gasteiger partial charge in [-0.3, -0.25) is 15.2 Å². The smallest absolute Gasteiger partial charge is 0.257 e. The van der Waals surface area contributed by atoms with Crippen molar-refractivity contribution in [3.05, 3.63) is 102 Å². The van der Waals surface area contributed by atoms with E-state index in [1.807, 2.05) is 6.07 Å². The second-order valence-electron chi connectivity index (χ2n) is 7.49. The van der Waals surface area contributed by atoms with Crippen molar-refractivity contribution in [2.75, 3.05) is 5.32 Å². The highest BCUT2D eigenvalue weighted by Gasteiger charge is 2.16. The summed E-state index contributed by atoms with van der Waals surface area (Å²) in [6, 6.07) is 22.0. The van der Waals surface area contributed by atoms with Crippen molar-refractivity contribution in [3.63, 3.8) is 0 Å². The Balaban J connectivity index is 1.61. The number of pyridine rings is 1. The first-order valence-corrected chi connectivity index (χ1v) is 11.7. The standard InChI is InChI=1S/C25H21N5O3S/c26-24(27)18-5-3-4-17(14-18)20-12-13-29-15-22(20)25(31)30-19-10-8-16(9-11-19)21-6-1-2-7-23(21)34(28,32)33/h1-15H,(H3,26,27)(H,30,31)(H2,28,32,33). The highest BCUT2D eigenvalue weighted by molar-refractivity contribution is 7.89.